The highest BCUT2D eigenvalue weighted by Gasteiger charge is 3.02. The summed E-state index contributed by atoms with van der Waals surface area (Å²) in [5.41, 5.74) is 3.64. The van der Waals surface area contributed by atoms with Gasteiger partial charge in [0.1, 0.15) is 0 Å². The fraction of sp³-hybridized carbons (Fsp3) is 0.438. The molecule has 1 heterocycles. The van der Waals surface area contributed by atoms with Crippen LogP contribution in [-0.4, -0.2) is 26.0 Å². The van der Waals surface area contributed by atoms with Gasteiger partial charge in [0.2, 0.25) is 0 Å². The molecule has 3 N–H and O–H groups in total. The lowest BCUT2D eigenvalue weighted by atomic mass is 9.84. The van der Waals surface area contributed by atoms with E-state index in [2.05, 4.69) is 17.1 Å². The quantitative estimate of drug-likeness (QED) is 0.723. The Bertz CT molecular complexity index is 744. The predicted octanol–water partition coefficient (Wildman–Crippen LogP) is -0.624. The summed E-state index contributed by atoms with van der Waals surface area (Å²) < 4.78 is 11.0. The zero-order chi connectivity index (χ0) is 16.2. The molecule has 0 amide bonds. The number of ether oxygens (including phenoxy) is 2. The Labute approximate surface area is 128 Å². The molecule has 0 aromatic heterocycles. The van der Waals surface area contributed by atoms with E-state index in [0.717, 1.165) is 5.56 Å². The fourth-order valence-electron chi connectivity index (χ4n) is 4.35. The smallest absolute Gasteiger partial charge is 0.317 e. The fourth-order valence-corrected chi connectivity index (χ4v) is 4.35. The van der Waals surface area contributed by atoms with Crippen molar-refractivity contribution < 1.29 is 14.5 Å². The normalized spacial score (nSPS) is 37.6. The molecular formula is C16H17N4O2+. The van der Waals surface area contributed by atoms with Crippen LogP contribution >= 0.6 is 0 Å². The largest absolute Gasteiger partial charge is 0.343 e. The molecule has 1 aliphatic heterocycles. The van der Waals surface area contributed by atoms with Gasteiger partial charge in [-0.3, -0.25) is 5.73 Å². The summed E-state index contributed by atoms with van der Waals surface area (Å²) in [5, 5.41) is 19.9. The molecule has 2 aliphatic rings. The van der Waals surface area contributed by atoms with Gasteiger partial charge in [-0.05, 0) is 5.56 Å². The van der Waals surface area contributed by atoms with Crippen LogP contribution in [0.3, 0.4) is 0 Å². The number of hydrogen-bond acceptors (Lipinski definition) is 5. The minimum Gasteiger partial charge on any atom is -0.317 e. The number of amidine groups is 1. The second-order valence-corrected chi connectivity index (χ2v) is 5.78. The van der Waals surface area contributed by atoms with E-state index in [1.807, 2.05) is 37.3 Å². The van der Waals surface area contributed by atoms with Crippen molar-refractivity contribution in [3.8, 4) is 12.1 Å². The lowest BCUT2D eigenvalue weighted by molar-refractivity contribution is -0.688. The summed E-state index contributed by atoms with van der Waals surface area (Å²) in [5.74, 6) is -1.27. The molecule has 112 valence electrons. The van der Waals surface area contributed by atoms with Gasteiger partial charge in [0, 0.05) is 14.2 Å². The van der Waals surface area contributed by atoms with E-state index in [-0.39, 0.29) is 5.84 Å². The van der Waals surface area contributed by atoms with Gasteiger partial charge in [-0.25, -0.2) is 4.99 Å². The Balaban J connectivity index is 2.36. The van der Waals surface area contributed by atoms with E-state index in [1.54, 1.807) is 0 Å². The van der Waals surface area contributed by atoms with Gasteiger partial charge >= 0.3 is 5.91 Å². The number of benzene rings is 1. The van der Waals surface area contributed by atoms with E-state index < -0.39 is 22.2 Å². The van der Waals surface area contributed by atoms with Gasteiger partial charge < -0.3 is 9.47 Å². The average molecular weight is 297 g/mol. The highest BCUT2D eigenvalue weighted by Crippen LogP contribution is 2.82. The summed E-state index contributed by atoms with van der Waals surface area (Å²) in [6.07, 6.45) is 0. The predicted molar refractivity (Wildman–Crippen MR) is 76.8 cm³/mol. The molecule has 0 bridgehead atoms. The number of fused-ring (bicyclic) bond motifs is 1. The Morgan fingerprint density at radius 1 is 1.09 bits per heavy atom. The molecule has 0 radical (unpaired) electrons. The summed E-state index contributed by atoms with van der Waals surface area (Å²) >= 11 is 0. The molecule has 3 atom stereocenters. The molecule has 1 aromatic carbocycles. The lowest BCUT2D eigenvalue weighted by Crippen LogP contribution is -2.91. The first-order valence-corrected chi connectivity index (χ1v) is 6.87. The first kappa shape index (κ1) is 14.5. The molecule has 1 fully saturated rings. The van der Waals surface area contributed by atoms with Crippen LogP contribution in [0, 0.1) is 33.5 Å². The summed E-state index contributed by atoms with van der Waals surface area (Å²) in [6.45, 7) is 1.86. The van der Waals surface area contributed by atoms with Crippen LogP contribution in [0.25, 0.3) is 0 Å². The van der Waals surface area contributed by atoms with Gasteiger partial charge in [-0.1, -0.05) is 37.3 Å². The van der Waals surface area contributed by atoms with Gasteiger partial charge in [0.15, 0.2) is 10.8 Å². The second-order valence-electron chi connectivity index (χ2n) is 5.78. The molecule has 22 heavy (non-hydrogen) atoms. The van der Waals surface area contributed by atoms with E-state index in [9.17, 15) is 10.5 Å². The van der Waals surface area contributed by atoms with Crippen LogP contribution in [0.2, 0.25) is 0 Å². The van der Waals surface area contributed by atoms with Crippen LogP contribution in [0.1, 0.15) is 12.5 Å². The topological polar surface area (TPSA) is 106 Å². The van der Waals surface area contributed by atoms with Gasteiger partial charge in [-0.2, -0.15) is 10.5 Å². The highest BCUT2D eigenvalue weighted by molar-refractivity contribution is 5.97. The average Bonchev–Trinajstić information content (AvgIpc) is 2.98. The van der Waals surface area contributed by atoms with Crippen molar-refractivity contribution in [1.29, 1.82) is 10.5 Å². The summed E-state index contributed by atoms with van der Waals surface area (Å²) in [4.78, 5) is 2.88. The Kier molecular flexibility index (Phi) is 2.69. The van der Waals surface area contributed by atoms with Crippen molar-refractivity contribution in [1.82, 2.24) is 0 Å². The maximum Gasteiger partial charge on any atom is 0.343 e. The van der Waals surface area contributed by atoms with Crippen molar-refractivity contribution in [2.45, 2.75) is 18.2 Å². The Morgan fingerprint density at radius 3 is 2.14 bits per heavy atom. The molecule has 0 saturated heterocycles. The molecule has 3 rings (SSSR count). The van der Waals surface area contributed by atoms with Crippen molar-refractivity contribution in [2.75, 3.05) is 14.2 Å². The molecule has 0 spiro atoms. The summed E-state index contributed by atoms with van der Waals surface area (Å²) in [6, 6.07) is 13.9. The third-order valence-electron chi connectivity index (χ3n) is 5.46. The first-order chi connectivity index (χ1) is 10.5. The molecule has 6 nitrogen and oxygen atoms in total. The van der Waals surface area contributed by atoms with E-state index in [1.165, 1.54) is 14.2 Å². The number of nitriles is 2. The number of rotatable bonds is 3. The first-order valence-electron chi connectivity index (χ1n) is 6.87. The van der Waals surface area contributed by atoms with Gasteiger partial charge in [0.05, 0.1) is 17.6 Å². The summed E-state index contributed by atoms with van der Waals surface area (Å²) in [7, 11) is 2.86. The SMILES string of the molecule is COC1(OC)[NH+]=C(N)[C@@]2(C#N)[C@](C)(c3ccccc3)[C@@]12C#N. The van der Waals surface area contributed by atoms with Crippen LogP contribution in [0.15, 0.2) is 30.3 Å². The van der Waals surface area contributed by atoms with Crippen molar-refractivity contribution in [2.24, 2.45) is 16.6 Å². The van der Waals surface area contributed by atoms with E-state index >= 15 is 0 Å². The molecule has 0 unspecified atom stereocenters. The zero-order valence-corrected chi connectivity index (χ0v) is 12.7. The minimum atomic E-state index is -1.47. The molecular weight excluding hydrogens is 280 g/mol. The maximum atomic E-state index is 10.0. The zero-order valence-electron chi connectivity index (χ0n) is 12.7. The van der Waals surface area contributed by atoms with Crippen LogP contribution in [-0.2, 0) is 14.9 Å². The minimum absolute atomic E-state index is 0.201. The van der Waals surface area contributed by atoms with Gasteiger partial charge in [0.25, 0.3) is 5.84 Å². The number of methoxy groups -OCH3 is 2. The monoisotopic (exact) mass is 297 g/mol. The molecule has 1 saturated carbocycles. The number of nitrogens with one attached hydrogen (secondary N) is 1. The maximum absolute atomic E-state index is 10.0. The van der Waals surface area contributed by atoms with Crippen molar-refractivity contribution in [3.63, 3.8) is 0 Å². The third kappa shape index (κ3) is 1.03. The standard InChI is InChI=1S/C16H16N4O2/c1-13(11-7-5-4-6-8-11)14(9-17)12(19)20-16(21-2,22-3)15(13,14)10-18/h4-8H,1-3H3,(H2,19,20)/p+1/t13-,14-,15+/m0/s1. The van der Waals surface area contributed by atoms with E-state index in [4.69, 9.17) is 15.2 Å². The number of nitrogens with two attached hydrogens (primary N) is 1. The molecule has 1 aliphatic carbocycles. The van der Waals surface area contributed by atoms with E-state index in [0.29, 0.717) is 0 Å². The van der Waals surface area contributed by atoms with Crippen molar-refractivity contribution >= 4 is 5.84 Å². The second kappa shape index (κ2) is 4.07. The van der Waals surface area contributed by atoms with Crippen molar-refractivity contribution in [3.05, 3.63) is 35.9 Å². The van der Waals surface area contributed by atoms with Crippen LogP contribution in [0.4, 0.5) is 0 Å². The number of nitrogens with zero attached hydrogens (tertiary/aromatic N) is 2. The number of hydrogen-bond donors (Lipinski definition) is 2. The Hall–Kier alpha value is -2.41. The highest BCUT2D eigenvalue weighted by atomic mass is 16.7. The lowest BCUT2D eigenvalue weighted by Gasteiger charge is -2.29. The molecule has 6 heteroatoms. The van der Waals surface area contributed by atoms with Crippen LogP contribution in [0.5, 0.6) is 0 Å². The van der Waals surface area contributed by atoms with Gasteiger partial charge in [-0.15, -0.1) is 0 Å². The molecule has 1 aromatic rings. The Morgan fingerprint density at radius 2 is 1.68 bits per heavy atom. The third-order valence-corrected chi connectivity index (χ3v) is 5.46. The van der Waals surface area contributed by atoms with Crippen LogP contribution < -0.4 is 10.7 Å².